The molecule has 10 atom stereocenters. The maximum atomic E-state index is 11.8. The highest BCUT2D eigenvalue weighted by atomic mass is 16.5. The molecule has 0 aliphatic carbocycles. The standard InChI is InChI=1S/C33H59N9O12/c1-17(4-8-51-10-6-38-15-20(44)12-24-18(2)21(41-32(34)35)13-25(53-24)30(47)48)5-9-52-11-7-39-16-23(45)28(46)29-27(40-19(3)43)22(42-33(36)37)14-26(54-29)31(49)50/h13-14,17-18,20-24,27-29,38-39,44-46H,4-12,15-16H2,1-3H3,(H,40,43)(H,47,48)(H,49,50)(H4,34,35,41)(H4,36,37,42)/t17?,18-,20+,21+,22+,23-,24+,27-,28-,29-/m1/s1. The first-order chi connectivity index (χ1) is 25.5. The second kappa shape index (κ2) is 23.5. The van der Waals surface area contributed by atoms with Crippen LogP contribution in [0.15, 0.2) is 33.7 Å². The number of carboxylic acids is 2. The summed E-state index contributed by atoms with van der Waals surface area (Å²) in [4.78, 5) is 42.9. The zero-order valence-electron chi connectivity index (χ0n) is 31.0. The summed E-state index contributed by atoms with van der Waals surface area (Å²) in [7, 11) is 0. The Hall–Kier alpha value is -4.25. The van der Waals surface area contributed by atoms with E-state index in [-0.39, 0.29) is 43.1 Å². The molecule has 0 spiro atoms. The van der Waals surface area contributed by atoms with Crippen molar-refractivity contribution in [3.8, 4) is 0 Å². The van der Waals surface area contributed by atoms with Crippen LogP contribution < -0.4 is 38.9 Å². The van der Waals surface area contributed by atoms with Gasteiger partial charge in [0.05, 0.1) is 43.5 Å². The van der Waals surface area contributed by atoms with E-state index in [4.69, 9.17) is 41.9 Å². The van der Waals surface area contributed by atoms with E-state index in [0.29, 0.717) is 45.4 Å². The zero-order valence-corrected chi connectivity index (χ0v) is 31.0. The average molecular weight is 774 g/mol. The number of nitrogens with zero attached hydrogens (tertiary/aromatic N) is 2. The second-order valence-electron chi connectivity index (χ2n) is 13.3. The van der Waals surface area contributed by atoms with Crippen LogP contribution >= 0.6 is 0 Å². The van der Waals surface area contributed by atoms with Crippen molar-refractivity contribution in [1.29, 1.82) is 0 Å². The van der Waals surface area contributed by atoms with Crippen molar-refractivity contribution >= 4 is 29.8 Å². The van der Waals surface area contributed by atoms with Crippen molar-refractivity contribution in [1.82, 2.24) is 16.0 Å². The highest BCUT2D eigenvalue weighted by Gasteiger charge is 2.44. The van der Waals surface area contributed by atoms with Gasteiger partial charge in [0.2, 0.25) is 17.4 Å². The lowest BCUT2D eigenvalue weighted by atomic mass is 9.89. The van der Waals surface area contributed by atoms with Gasteiger partial charge >= 0.3 is 11.9 Å². The Balaban J connectivity index is 1.59. The van der Waals surface area contributed by atoms with E-state index < -0.39 is 72.3 Å². The number of guanidine groups is 2. The molecular formula is C33H59N9O12. The molecule has 0 bridgehead atoms. The van der Waals surface area contributed by atoms with Gasteiger partial charge in [0.1, 0.15) is 18.3 Å². The number of amides is 1. The predicted molar refractivity (Wildman–Crippen MR) is 196 cm³/mol. The van der Waals surface area contributed by atoms with Crippen molar-refractivity contribution in [2.24, 2.45) is 44.8 Å². The smallest absolute Gasteiger partial charge is 0.370 e. The van der Waals surface area contributed by atoms with Gasteiger partial charge in [0.25, 0.3) is 0 Å². The first-order valence-electron chi connectivity index (χ1n) is 17.8. The summed E-state index contributed by atoms with van der Waals surface area (Å²) in [5.74, 6) is -4.42. The van der Waals surface area contributed by atoms with Crippen LogP contribution in [0.3, 0.4) is 0 Å². The topological polar surface area (TPSA) is 354 Å². The lowest BCUT2D eigenvalue weighted by molar-refractivity contribution is -0.144. The van der Waals surface area contributed by atoms with Gasteiger partial charge in [0, 0.05) is 58.7 Å². The molecule has 16 N–H and O–H groups in total. The van der Waals surface area contributed by atoms with Crippen LogP contribution in [0.25, 0.3) is 0 Å². The molecular weight excluding hydrogens is 714 g/mol. The third-order valence-corrected chi connectivity index (χ3v) is 8.75. The van der Waals surface area contributed by atoms with Crippen LogP contribution in [0.2, 0.25) is 0 Å². The number of nitrogens with one attached hydrogen (secondary N) is 3. The number of aliphatic carboxylic acids is 2. The van der Waals surface area contributed by atoms with Crippen LogP contribution in [0.1, 0.15) is 40.0 Å². The first-order valence-corrected chi connectivity index (χ1v) is 17.8. The van der Waals surface area contributed by atoms with Crippen LogP contribution in [0.5, 0.6) is 0 Å². The molecule has 21 nitrogen and oxygen atoms in total. The third kappa shape index (κ3) is 16.4. The lowest BCUT2D eigenvalue weighted by Gasteiger charge is -2.38. The highest BCUT2D eigenvalue weighted by molar-refractivity contribution is 5.85. The highest BCUT2D eigenvalue weighted by Crippen LogP contribution is 2.29. The largest absolute Gasteiger partial charge is 0.483 e. The number of nitrogens with two attached hydrogens (primary N) is 4. The summed E-state index contributed by atoms with van der Waals surface area (Å²) in [5, 5.41) is 59.5. The lowest BCUT2D eigenvalue weighted by Crippen LogP contribution is -2.60. The Morgan fingerprint density at radius 3 is 1.89 bits per heavy atom. The minimum Gasteiger partial charge on any atom is -0.483 e. The molecule has 2 aliphatic rings. The minimum atomic E-state index is -1.62. The third-order valence-electron chi connectivity index (χ3n) is 8.75. The summed E-state index contributed by atoms with van der Waals surface area (Å²) in [6.45, 7) is 7.97. The van der Waals surface area contributed by atoms with Gasteiger partial charge in [-0.2, -0.15) is 0 Å². The summed E-state index contributed by atoms with van der Waals surface area (Å²) in [6.07, 6.45) is -1.53. The molecule has 1 unspecified atom stereocenters. The van der Waals surface area contributed by atoms with Crippen LogP contribution in [-0.4, -0.2) is 157 Å². The Morgan fingerprint density at radius 1 is 0.833 bits per heavy atom. The van der Waals surface area contributed by atoms with Gasteiger partial charge in [0.15, 0.2) is 11.9 Å². The van der Waals surface area contributed by atoms with Crippen LogP contribution in [0, 0.1) is 11.8 Å². The minimum absolute atomic E-state index is 0.0850. The van der Waals surface area contributed by atoms with Crippen molar-refractivity contribution < 1.29 is 58.9 Å². The predicted octanol–water partition coefficient (Wildman–Crippen LogP) is -3.75. The molecule has 0 radical (unpaired) electrons. The molecule has 0 saturated heterocycles. The van der Waals surface area contributed by atoms with Gasteiger partial charge in [-0.25, -0.2) is 19.6 Å². The fourth-order valence-corrected chi connectivity index (χ4v) is 5.77. The van der Waals surface area contributed by atoms with Crippen LogP contribution in [-0.2, 0) is 33.3 Å². The number of aliphatic imine (C=N–C) groups is 2. The number of rotatable bonds is 25. The molecule has 2 heterocycles. The zero-order chi connectivity index (χ0) is 40.4. The summed E-state index contributed by atoms with van der Waals surface area (Å²) >= 11 is 0. The van der Waals surface area contributed by atoms with Crippen molar-refractivity contribution in [3.05, 3.63) is 23.7 Å². The van der Waals surface area contributed by atoms with E-state index in [2.05, 4.69) is 32.9 Å². The van der Waals surface area contributed by atoms with Gasteiger partial charge in [-0.05, 0) is 30.9 Å². The monoisotopic (exact) mass is 773 g/mol. The Morgan fingerprint density at radius 2 is 1.35 bits per heavy atom. The molecule has 1 amide bonds. The van der Waals surface area contributed by atoms with Gasteiger partial charge in [-0.15, -0.1) is 0 Å². The van der Waals surface area contributed by atoms with E-state index in [1.54, 1.807) is 0 Å². The molecule has 2 rings (SSSR count). The fraction of sp³-hybridized carbons (Fsp3) is 0.727. The maximum absolute atomic E-state index is 11.8. The number of carbonyl (C=O) groups excluding carboxylic acids is 1. The van der Waals surface area contributed by atoms with Gasteiger partial charge in [-0.1, -0.05) is 13.8 Å². The SMILES string of the molecule is CC(=O)N[C@H]1[C@H]([C@H](O)[C@H](O)CNCCOCCC(C)CCOCCNC[C@@H](O)C[C@@H]2OC(C(=O)O)=C[C@H](N=C(N)N)[C@H]2C)OC(C(=O)O)=C[C@@H]1N=C(N)N. The average Bonchev–Trinajstić information content (AvgIpc) is 3.08. The molecule has 0 aromatic carbocycles. The van der Waals surface area contributed by atoms with E-state index in [1.807, 2.05) is 6.92 Å². The number of aliphatic hydroxyl groups is 3. The Kier molecular flexibility index (Phi) is 20.0. The molecule has 0 fully saturated rings. The van der Waals surface area contributed by atoms with E-state index in [9.17, 15) is 39.9 Å². The molecule has 308 valence electrons. The second-order valence-corrected chi connectivity index (χ2v) is 13.3. The van der Waals surface area contributed by atoms with Crippen molar-refractivity contribution in [2.75, 3.05) is 52.6 Å². The quantitative estimate of drug-likeness (QED) is 0.0241. The molecule has 21 heteroatoms. The van der Waals surface area contributed by atoms with E-state index in [0.717, 1.165) is 18.9 Å². The maximum Gasteiger partial charge on any atom is 0.370 e. The summed E-state index contributed by atoms with van der Waals surface area (Å²) in [6, 6.07) is -2.70. The number of aliphatic hydroxyl groups excluding tert-OH is 3. The van der Waals surface area contributed by atoms with Crippen molar-refractivity contribution in [2.45, 2.75) is 88.7 Å². The molecule has 2 aliphatic heterocycles. The number of hydrogen-bond donors (Lipinski definition) is 12. The number of carboxylic acid groups (broad SMARTS) is 2. The number of ether oxygens (including phenoxy) is 4. The first kappa shape index (κ1) is 45.9. The fourth-order valence-electron chi connectivity index (χ4n) is 5.77. The number of hydrogen-bond acceptors (Lipinski definition) is 14. The molecule has 0 aromatic rings. The van der Waals surface area contributed by atoms with E-state index in [1.165, 1.54) is 13.0 Å². The molecule has 0 aromatic heterocycles. The molecule has 0 saturated carbocycles. The summed E-state index contributed by atoms with van der Waals surface area (Å²) in [5.41, 5.74) is 21.9. The van der Waals surface area contributed by atoms with Crippen molar-refractivity contribution in [3.63, 3.8) is 0 Å². The molecule has 54 heavy (non-hydrogen) atoms. The normalized spacial score (nSPS) is 24.6. The Labute approximate surface area is 314 Å². The Bertz CT molecular complexity index is 1330. The van der Waals surface area contributed by atoms with Gasteiger partial charge < -0.3 is 83.4 Å². The van der Waals surface area contributed by atoms with Crippen LogP contribution in [0.4, 0.5) is 0 Å². The van der Waals surface area contributed by atoms with Gasteiger partial charge in [-0.3, -0.25) is 4.79 Å². The summed E-state index contributed by atoms with van der Waals surface area (Å²) < 4.78 is 22.4. The number of carbonyl (C=O) groups is 3. The van der Waals surface area contributed by atoms with E-state index >= 15 is 0 Å².